The second kappa shape index (κ2) is 5.10. The molecule has 0 aliphatic heterocycles. The lowest BCUT2D eigenvalue weighted by molar-refractivity contribution is -0.0999. The minimum atomic E-state index is 0.490. The lowest BCUT2D eigenvalue weighted by Crippen LogP contribution is -2.54. The van der Waals surface area contributed by atoms with Crippen molar-refractivity contribution in [3.63, 3.8) is 0 Å². The predicted octanol–water partition coefficient (Wildman–Crippen LogP) is 5.30. The van der Waals surface area contributed by atoms with Crippen LogP contribution in [-0.2, 0) is 0 Å². The first-order chi connectivity index (χ1) is 10.5. The Morgan fingerprint density at radius 2 is 1.82 bits per heavy atom. The summed E-state index contributed by atoms with van der Waals surface area (Å²) in [5, 5.41) is 0. The van der Waals surface area contributed by atoms with Crippen LogP contribution in [0.25, 0.3) is 0 Å². The van der Waals surface area contributed by atoms with E-state index in [1.165, 1.54) is 57.8 Å². The average molecular weight is 302 g/mol. The summed E-state index contributed by atoms with van der Waals surface area (Å²) in [5.41, 5.74) is 9.25. The molecule has 2 N–H and O–H groups in total. The lowest BCUT2D eigenvalue weighted by atomic mass is 9.45. The van der Waals surface area contributed by atoms with Crippen LogP contribution in [0.2, 0.25) is 0 Å². The lowest BCUT2D eigenvalue weighted by Gasteiger charge is -2.60. The average Bonchev–Trinajstić information content (AvgIpc) is 2.84. The summed E-state index contributed by atoms with van der Waals surface area (Å²) >= 11 is 0. The van der Waals surface area contributed by atoms with E-state index in [9.17, 15) is 0 Å². The van der Waals surface area contributed by atoms with Crippen LogP contribution in [0.15, 0.2) is 11.6 Å². The normalized spacial score (nSPS) is 56.4. The van der Waals surface area contributed by atoms with E-state index >= 15 is 0 Å². The number of fused-ring (bicyclic) bond motifs is 5. The molecular weight excluding hydrogens is 266 g/mol. The zero-order chi connectivity index (χ0) is 15.5. The van der Waals surface area contributed by atoms with Gasteiger partial charge in [0, 0.05) is 6.04 Å². The molecule has 4 saturated carbocycles. The van der Waals surface area contributed by atoms with Crippen molar-refractivity contribution in [2.75, 3.05) is 0 Å². The van der Waals surface area contributed by atoms with Crippen molar-refractivity contribution in [2.24, 2.45) is 40.2 Å². The van der Waals surface area contributed by atoms with Gasteiger partial charge in [-0.2, -0.15) is 0 Å². The topological polar surface area (TPSA) is 26.0 Å². The first kappa shape index (κ1) is 15.2. The Balaban J connectivity index is 1.63. The van der Waals surface area contributed by atoms with E-state index in [1.54, 1.807) is 5.57 Å². The van der Waals surface area contributed by atoms with Crippen LogP contribution in [-0.4, -0.2) is 6.04 Å². The van der Waals surface area contributed by atoms with Gasteiger partial charge in [0.2, 0.25) is 0 Å². The standard InChI is InChI=1S/C21H35N/c1-4-14-6-8-18-17-7-5-15-13-16(22)9-11-21(15,3)19(17)10-12-20(14,18)2/h4,15-19H,5-13,22H2,1-3H3/b14-4-/t15?,16-,17+,18+,19+,20-,21+/m1/s1. The summed E-state index contributed by atoms with van der Waals surface area (Å²) in [6.07, 6.45) is 15.2. The van der Waals surface area contributed by atoms with E-state index in [4.69, 9.17) is 5.73 Å². The molecule has 0 aromatic rings. The molecule has 0 bridgehead atoms. The molecule has 4 aliphatic carbocycles. The Hall–Kier alpha value is -0.300. The van der Waals surface area contributed by atoms with Gasteiger partial charge in [0.05, 0.1) is 0 Å². The Labute approximate surface area is 137 Å². The zero-order valence-electron chi connectivity index (χ0n) is 14.9. The van der Waals surface area contributed by atoms with Crippen molar-refractivity contribution in [2.45, 2.75) is 84.6 Å². The van der Waals surface area contributed by atoms with Gasteiger partial charge in [0.25, 0.3) is 0 Å². The number of rotatable bonds is 0. The minimum Gasteiger partial charge on any atom is -0.328 e. The van der Waals surface area contributed by atoms with Crippen molar-refractivity contribution in [1.82, 2.24) is 0 Å². The Kier molecular flexibility index (Phi) is 3.53. The monoisotopic (exact) mass is 301 g/mol. The molecule has 1 nitrogen and oxygen atoms in total. The van der Waals surface area contributed by atoms with Crippen molar-refractivity contribution >= 4 is 0 Å². The summed E-state index contributed by atoms with van der Waals surface area (Å²) in [6, 6.07) is 0.490. The first-order valence-electron chi connectivity index (χ1n) is 9.90. The molecule has 22 heavy (non-hydrogen) atoms. The van der Waals surface area contributed by atoms with Gasteiger partial charge >= 0.3 is 0 Å². The molecule has 124 valence electrons. The quantitative estimate of drug-likeness (QED) is 0.603. The second-order valence-corrected chi connectivity index (χ2v) is 9.50. The maximum absolute atomic E-state index is 6.30. The van der Waals surface area contributed by atoms with E-state index in [-0.39, 0.29) is 0 Å². The molecule has 4 rings (SSSR count). The smallest absolute Gasteiger partial charge is 0.00418 e. The summed E-state index contributed by atoms with van der Waals surface area (Å²) in [5.74, 6) is 3.90. The molecule has 0 spiro atoms. The van der Waals surface area contributed by atoms with Gasteiger partial charge in [0.1, 0.15) is 0 Å². The molecule has 0 amide bonds. The molecule has 0 aromatic carbocycles. The van der Waals surface area contributed by atoms with Crippen LogP contribution in [0.5, 0.6) is 0 Å². The Morgan fingerprint density at radius 1 is 1.00 bits per heavy atom. The van der Waals surface area contributed by atoms with Crippen molar-refractivity contribution < 1.29 is 0 Å². The van der Waals surface area contributed by atoms with Crippen LogP contribution in [0.4, 0.5) is 0 Å². The first-order valence-corrected chi connectivity index (χ1v) is 9.90. The van der Waals surface area contributed by atoms with E-state index in [0.717, 1.165) is 23.7 Å². The van der Waals surface area contributed by atoms with E-state index in [1.807, 2.05) is 0 Å². The van der Waals surface area contributed by atoms with Crippen molar-refractivity contribution in [3.05, 3.63) is 11.6 Å². The molecule has 0 heterocycles. The fourth-order valence-corrected chi connectivity index (χ4v) is 7.61. The SMILES string of the molecule is C/C=C1/CC[C@H]2[C@@H]3CCC4C[C@H](N)CC[C@]4(C)[C@H]3CC[C@]12C. The molecule has 0 radical (unpaired) electrons. The third kappa shape index (κ3) is 1.93. The largest absolute Gasteiger partial charge is 0.328 e. The molecule has 7 atom stereocenters. The third-order valence-electron chi connectivity index (χ3n) is 8.90. The maximum atomic E-state index is 6.30. The second-order valence-electron chi connectivity index (χ2n) is 9.50. The van der Waals surface area contributed by atoms with Gasteiger partial charge in [-0.1, -0.05) is 25.5 Å². The highest BCUT2D eigenvalue weighted by Gasteiger charge is 2.58. The van der Waals surface area contributed by atoms with Crippen molar-refractivity contribution in [3.8, 4) is 0 Å². The summed E-state index contributed by atoms with van der Waals surface area (Å²) in [6.45, 7) is 7.52. The van der Waals surface area contributed by atoms with Crippen LogP contribution in [0, 0.1) is 34.5 Å². The Bertz CT molecular complexity index is 480. The fourth-order valence-electron chi connectivity index (χ4n) is 7.61. The molecule has 4 fully saturated rings. The van der Waals surface area contributed by atoms with Crippen LogP contribution in [0.1, 0.15) is 78.6 Å². The van der Waals surface area contributed by atoms with Crippen LogP contribution >= 0.6 is 0 Å². The highest BCUT2D eigenvalue weighted by Crippen LogP contribution is 2.67. The molecule has 4 aliphatic rings. The van der Waals surface area contributed by atoms with Gasteiger partial charge in [-0.3, -0.25) is 0 Å². The predicted molar refractivity (Wildman–Crippen MR) is 93.5 cm³/mol. The number of hydrogen-bond donors (Lipinski definition) is 1. The number of nitrogens with two attached hydrogens (primary N) is 1. The van der Waals surface area contributed by atoms with Gasteiger partial charge in [-0.25, -0.2) is 0 Å². The zero-order valence-corrected chi connectivity index (χ0v) is 14.9. The number of hydrogen-bond acceptors (Lipinski definition) is 1. The highest BCUT2D eigenvalue weighted by molar-refractivity contribution is 5.23. The molecule has 1 heteroatoms. The minimum absolute atomic E-state index is 0.490. The van der Waals surface area contributed by atoms with Gasteiger partial charge in [-0.05, 0) is 99.2 Å². The van der Waals surface area contributed by atoms with Crippen LogP contribution < -0.4 is 5.73 Å². The van der Waals surface area contributed by atoms with Crippen molar-refractivity contribution in [1.29, 1.82) is 0 Å². The molecule has 0 aromatic heterocycles. The van der Waals surface area contributed by atoms with E-state index in [0.29, 0.717) is 16.9 Å². The summed E-state index contributed by atoms with van der Waals surface area (Å²) in [4.78, 5) is 0. The fraction of sp³-hybridized carbons (Fsp3) is 0.905. The maximum Gasteiger partial charge on any atom is 0.00418 e. The van der Waals surface area contributed by atoms with Gasteiger partial charge in [0.15, 0.2) is 0 Å². The molecule has 1 unspecified atom stereocenters. The summed E-state index contributed by atoms with van der Waals surface area (Å²) in [7, 11) is 0. The number of allylic oxidation sites excluding steroid dienone is 2. The molecular formula is C21H35N. The van der Waals surface area contributed by atoms with Gasteiger partial charge in [-0.15, -0.1) is 0 Å². The Morgan fingerprint density at radius 3 is 2.59 bits per heavy atom. The highest BCUT2D eigenvalue weighted by atomic mass is 14.7. The van der Waals surface area contributed by atoms with E-state index in [2.05, 4.69) is 26.8 Å². The van der Waals surface area contributed by atoms with Crippen LogP contribution in [0.3, 0.4) is 0 Å². The van der Waals surface area contributed by atoms with E-state index < -0.39 is 0 Å². The third-order valence-corrected chi connectivity index (χ3v) is 8.90. The van der Waals surface area contributed by atoms with Gasteiger partial charge < -0.3 is 5.73 Å². The summed E-state index contributed by atoms with van der Waals surface area (Å²) < 4.78 is 0. The molecule has 0 saturated heterocycles.